The van der Waals surface area contributed by atoms with Crippen LogP contribution < -0.4 is 25.7 Å². The number of rotatable bonds is 15. The molecule has 1 fully saturated rings. The van der Waals surface area contributed by atoms with Gasteiger partial charge < -0.3 is 25.4 Å². The Hall–Kier alpha value is -4.08. The standard InChI is InChI=1S/C34H45N5O4/c1-42-30-19-17-28(18-20-30)27-35-21-9-3-10-22-36-33(40)37-23-26-43-34(41)39(38-24-11-4-12-25-38)32-16-8-7-15-31(32)29-13-5-2-6-14-29/h2,5-8,13-20,35H,3-4,9-12,21-27H2,1H3,(H2,36,37,40). The first kappa shape index (κ1) is 31.8. The van der Waals surface area contributed by atoms with E-state index in [-0.39, 0.29) is 19.2 Å². The summed E-state index contributed by atoms with van der Waals surface area (Å²) in [4.78, 5) is 25.6. The fraction of sp³-hybridized carbons (Fsp3) is 0.412. The maximum atomic E-state index is 13.4. The molecule has 0 aromatic heterocycles. The lowest BCUT2D eigenvalue weighted by atomic mass is 10.0. The van der Waals surface area contributed by atoms with Gasteiger partial charge in [-0.15, -0.1) is 0 Å². The quantitative estimate of drug-likeness (QED) is 0.190. The topological polar surface area (TPSA) is 95.2 Å². The normalized spacial score (nSPS) is 13.2. The second kappa shape index (κ2) is 17.8. The SMILES string of the molecule is COc1ccc(CNCCCCCNC(=O)NCCOC(=O)N(c2ccccc2-c2ccccc2)N2CCCCC2)cc1. The van der Waals surface area contributed by atoms with Crippen molar-refractivity contribution in [3.8, 4) is 16.9 Å². The number of para-hydroxylation sites is 1. The van der Waals surface area contributed by atoms with Crippen LogP contribution >= 0.6 is 0 Å². The summed E-state index contributed by atoms with van der Waals surface area (Å²) >= 11 is 0. The average molecular weight is 588 g/mol. The number of anilines is 1. The first-order chi connectivity index (χ1) is 21.2. The van der Waals surface area contributed by atoms with Crippen LogP contribution in [0.15, 0.2) is 78.9 Å². The number of amides is 3. The van der Waals surface area contributed by atoms with E-state index in [4.69, 9.17) is 9.47 Å². The number of carbonyl (C=O) groups excluding carboxylic acids is 2. The highest BCUT2D eigenvalue weighted by Gasteiger charge is 2.28. The summed E-state index contributed by atoms with van der Waals surface area (Å²) in [5, 5.41) is 12.9. The Morgan fingerprint density at radius 3 is 2.26 bits per heavy atom. The Labute approximate surface area is 255 Å². The van der Waals surface area contributed by atoms with Gasteiger partial charge in [-0.05, 0) is 61.6 Å². The third-order valence-electron chi connectivity index (χ3n) is 7.42. The monoisotopic (exact) mass is 587 g/mol. The van der Waals surface area contributed by atoms with Gasteiger partial charge in [0.05, 0.1) is 19.3 Å². The van der Waals surface area contributed by atoms with E-state index in [9.17, 15) is 9.59 Å². The van der Waals surface area contributed by atoms with Gasteiger partial charge in [0.15, 0.2) is 0 Å². The lowest BCUT2D eigenvalue weighted by Crippen LogP contribution is -2.50. The molecule has 3 aromatic rings. The number of benzene rings is 3. The minimum absolute atomic E-state index is 0.0873. The third-order valence-corrected chi connectivity index (χ3v) is 7.42. The second-order valence-corrected chi connectivity index (χ2v) is 10.6. The van der Waals surface area contributed by atoms with Crippen LogP contribution in [0.2, 0.25) is 0 Å². The van der Waals surface area contributed by atoms with Gasteiger partial charge in [-0.1, -0.05) is 73.5 Å². The van der Waals surface area contributed by atoms with Gasteiger partial charge in [0.25, 0.3) is 0 Å². The van der Waals surface area contributed by atoms with E-state index in [1.165, 1.54) is 5.56 Å². The lowest BCUT2D eigenvalue weighted by molar-refractivity contribution is 0.122. The molecule has 1 heterocycles. The highest BCUT2D eigenvalue weighted by molar-refractivity contribution is 5.93. The number of methoxy groups -OCH3 is 1. The number of carbonyl (C=O) groups is 2. The molecule has 9 heteroatoms. The van der Waals surface area contributed by atoms with E-state index >= 15 is 0 Å². The molecule has 3 N–H and O–H groups in total. The van der Waals surface area contributed by atoms with Crippen LogP contribution in [-0.2, 0) is 11.3 Å². The molecule has 4 rings (SSSR count). The zero-order chi connectivity index (χ0) is 30.1. The van der Waals surface area contributed by atoms with Gasteiger partial charge in [0.1, 0.15) is 12.4 Å². The predicted octanol–water partition coefficient (Wildman–Crippen LogP) is 5.97. The minimum atomic E-state index is -0.437. The van der Waals surface area contributed by atoms with Crippen molar-refractivity contribution in [1.29, 1.82) is 0 Å². The van der Waals surface area contributed by atoms with Crippen molar-refractivity contribution >= 4 is 17.8 Å². The van der Waals surface area contributed by atoms with Crippen LogP contribution in [0.1, 0.15) is 44.1 Å². The molecule has 230 valence electrons. The number of nitrogens with zero attached hydrogens (tertiary/aromatic N) is 2. The lowest BCUT2D eigenvalue weighted by Gasteiger charge is -2.37. The second-order valence-electron chi connectivity index (χ2n) is 10.6. The number of nitrogens with one attached hydrogen (secondary N) is 3. The fourth-order valence-corrected chi connectivity index (χ4v) is 5.12. The summed E-state index contributed by atoms with van der Waals surface area (Å²) in [6.45, 7) is 4.25. The maximum Gasteiger partial charge on any atom is 0.429 e. The third kappa shape index (κ3) is 10.3. The number of piperidine rings is 1. The van der Waals surface area contributed by atoms with E-state index in [0.717, 1.165) is 87.3 Å². The number of urea groups is 1. The number of hydrogen-bond donors (Lipinski definition) is 3. The molecule has 1 aliphatic heterocycles. The molecule has 0 spiro atoms. The molecule has 1 aliphatic rings. The Balaban J connectivity index is 1.14. The predicted molar refractivity (Wildman–Crippen MR) is 171 cm³/mol. The molecule has 3 aromatic carbocycles. The molecular formula is C34H45N5O4. The molecule has 0 radical (unpaired) electrons. The highest BCUT2D eigenvalue weighted by Crippen LogP contribution is 2.33. The van der Waals surface area contributed by atoms with E-state index in [0.29, 0.717) is 6.54 Å². The summed E-state index contributed by atoms with van der Waals surface area (Å²) in [5.41, 5.74) is 4.02. The van der Waals surface area contributed by atoms with Crippen LogP contribution in [0.25, 0.3) is 11.1 Å². The van der Waals surface area contributed by atoms with Crippen LogP contribution in [0.3, 0.4) is 0 Å². The average Bonchev–Trinajstić information content (AvgIpc) is 3.06. The molecule has 0 aliphatic carbocycles. The zero-order valence-electron chi connectivity index (χ0n) is 25.2. The molecule has 0 saturated carbocycles. The van der Waals surface area contributed by atoms with Gasteiger partial charge in [0, 0.05) is 31.7 Å². The minimum Gasteiger partial charge on any atom is -0.497 e. The number of hydrazine groups is 1. The van der Waals surface area contributed by atoms with Gasteiger partial charge in [-0.25, -0.2) is 19.6 Å². The molecule has 43 heavy (non-hydrogen) atoms. The highest BCUT2D eigenvalue weighted by atomic mass is 16.6. The summed E-state index contributed by atoms with van der Waals surface area (Å²) in [6, 6.07) is 25.8. The van der Waals surface area contributed by atoms with Crippen molar-refractivity contribution in [3.63, 3.8) is 0 Å². The van der Waals surface area contributed by atoms with E-state index in [1.807, 2.05) is 66.7 Å². The Morgan fingerprint density at radius 2 is 1.49 bits per heavy atom. The molecule has 3 amide bonds. The van der Waals surface area contributed by atoms with Crippen LogP contribution in [0.5, 0.6) is 5.75 Å². The first-order valence-corrected chi connectivity index (χ1v) is 15.4. The van der Waals surface area contributed by atoms with Gasteiger partial charge in [-0.2, -0.15) is 0 Å². The zero-order valence-corrected chi connectivity index (χ0v) is 25.2. The summed E-state index contributed by atoms with van der Waals surface area (Å²) in [5.74, 6) is 0.862. The number of unbranched alkanes of at least 4 members (excludes halogenated alkanes) is 2. The van der Waals surface area contributed by atoms with Crippen molar-refractivity contribution in [3.05, 3.63) is 84.4 Å². The van der Waals surface area contributed by atoms with Crippen molar-refractivity contribution in [2.75, 3.05) is 51.4 Å². The van der Waals surface area contributed by atoms with E-state index in [2.05, 4.69) is 33.1 Å². The van der Waals surface area contributed by atoms with Crippen LogP contribution in [-0.4, -0.2) is 63.6 Å². The molecular weight excluding hydrogens is 542 g/mol. The molecule has 1 saturated heterocycles. The summed E-state index contributed by atoms with van der Waals surface area (Å²) in [7, 11) is 1.67. The first-order valence-electron chi connectivity index (χ1n) is 15.4. The fourth-order valence-electron chi connectivity index (χ4n) is 5.12. The van der Waals surface area contributed by atoms with E-state index < -0.39 is 6.09 Å². The number of ether oxygens (including phenoxy) is 2. The van der Waals surface area contributed by atoms with Crippen molar-refractivity contribution in [2.24, 2.45) is 0 Å². The van der Waals surface area contributed by atoms with E-state index in [1.54, 1.807) is 12.1 Å². The molecule has 0 unspecified atom stereocenters. The maximum absolute atomic E-state index is 13.4. The molecule has 0 atom stereocenters. The van der Waals surface area contributed by atoms with Gasteiger partial charge in [-0.3, -0.25) is 0 Å². The van der Waals surface area contributed by atoms with Crippen molar-refractivity contribution in [2.45, 2.75) is 45.1 Å². The smallest absolute Gasteiger partial charge is 0.429 e. The molecule has 9 nitrogen and oxygen atoms in total. The van der Waals surface area contributed by atoms with Crippen LogP contribution in [0, 0.1) is 0 Å². The summed E-state index contributed by atoms with van der Waals surface area (Å²) < 4.78 is 10.9. The largest absolute Gasteiger partial charge is 0.497 e. The van der Waals surface area contributed by atoms with Gasteiger partial charge >= 0.3 is 12.1 Å². The summed E-state index contributed by atoms with van der Waals surface area (Å²) in [6.07, 6.45) is 5.73. The number of hydrogen-bond acceptors (Lipinski definition) is 6. The molecule has 0 bridgehead atoms. The van der Waals surface area contributed by atoms with Gasteiger partial charge in [0.2, 0.25) is 0 Å². The Kier molecular flexibility index (Phi) is 13.2. The van der Waals surface area contributed by atoms with Crippen molar-refractivity contribution < 1.29 is 19.1 Å². The Morgan fingerprint density at radius 1 is 0.791 bits per heavy atom. The Bertz CT molecular complexity index is 1250. The van der Waals surface area contributed by atoms with Crippen molar-refractivity contribution in [1.82, 2.24) is 21.0 Å². The van der Waals surface area contributed by atoms with Crippen LogP contribution in [0.4, 0.5) is 15.3 Å².